The van der Waals surface area contributed by atoms with Crippen molar-refractivity contribution in [3.63, 3.8) is 0 Å². The number of rotatable bonds is 1. The minimum absolute atomic E-state index is 0.0460. The molecular weight excluding hydrogens is 254 g/mol. The normalized spacial score (nSPS) is 22.1. The first kappa shape index (κ1) is 13.1. The molecule has 0 aliphatic carbocycles. The van der Waals surface area contributed by atoms with E-state index in [0.717, 1.165) is 11.0 Å². The third-order valence-corrected chi connectivity index (χ3v) is 3.52. The lowest BCUT2D eigenvalue weighted by Gasteiger charge is -2.41. The van der Waals surface area contributed by atoms with Crippen LogP contribution in [0.1, 0.15) is 31.1 Å². The summed E-state index contributed by atoms with van der Waals surface area (Å²) in [6.07, 6.45) is 1.69. The van der Waals surface area contributed by atoms with Gasteiger partial charge in [-0.15, -0.1) is 0 Å². The van der Waals surface area contributed by atoms with Gasteiger partial charge in [-0.2, -0.15) is 0 Å². The Morgan fingerprint density at radius 2 is 2.30 bits per heavy atom. The van der Waals surface area contributed by atoms with E-state index in [9.17, 15) is 4.79 Å². The molecule has 1 saturated heterocycles. The van der Waals surface area contributed by atoms with Crippen molar-refractivity contribution in [3.8, 4) is 0 Å². The Balaban J connectivity index is 1.87. The average molecular weight is 273 g/mol. The lowest BCUT2D eigenvalue weighted by atomic mass is 10.0. The molecule has 0 saturated carbocycles. The van der Waals surface area contributed by atoms with Crippen LogP contribution in [0.5, 0.6) is 0 Å². The van der Waals surface area contributed by atoms with Crippen LogP contribution in [0.3, 0.4) is 0 Å². The number of carbonyl (C=O) groups is 1. The largest absolute Gasteiger partial charge is 0.369 e. The number of morpholine rings is 1. The van der Waals surface area contributed by atoms with Gasteiger partial charge in [0.05, 0.1) is 29.1 Å². The second-order valence-corrected chi connectivity index (χ2v) is 6.01. The second kappa shape index (κ2) is 4.59. The fourth-order valence-corrected chi connectivity index (χ4v) is 2.86. The minimum Gasteiger partial charge on any atom is -0.369 e. The highest BCUT2D eigenvalue weighted by atomic mass is 16.5. The van der Waals surface area contributed by atoms with Crippen LogP contribution in [-0.4, -0.2) is 45.6 Å². The van der Waals surface area contributed by atoms with Crippen LogP contribution in [-0.2, 0) is 4.74 Å². The second-order valence-electron chi connectivity index (χ2n) is 6.01. The zero-order chi connectivity index (χ0) is 14.3. The van der Waals surface area contributed by atoms with E-state index in [-0.39, 0.29) is 17.6 Å². The van der Waals surface area contributed by atoms with Gasteiger partial charge in [-0.1, -0.05) is 0 Å². The summed E-state index contributed by atoms with van der Waals surface area (Å²) in [4.78, 5) is 21.7. The molecule has 3 rings (SSSR count). The van der Waals surface area contributed by atoms with Crippen LogP contribution < -0.4 is 0 Å². The van der Waals surface area contributed by atoms with Crippen molar-refractivity contribution in [3.05, 3.63) is 30.1 Å². The van der Waals surface area contributed by atoms with E-state index in [2.05, 4.69) is 9.97 Å². The number of amides is 1. The van der Waals surface area contributed by atoms with Gasteiger partial charge in [-0.05, 0) is 39.0 Å². The number of benzene rings is 1. The Kier molecular flexibility index (Phi) is 3.01. The van der Waals surface area contributed by atoms with Crippen LogP contribution in [0, 0.1) is 0 Å². The van der Waals surface area contributed by atoms with Gasteiger partial charge in [0.15, 0.2) is 0 Å². The van der Waals surface area contributed by atoms with Crippen molar-refractivity contribution in [2.75, 3.05) is 13.1 Å². The Morgan fingerprint density at radius 1 is 1.50 bits per heavy atom. The van der Waals surface area contributed by atoms with Gasteiger partial charge in [-0.3, -0.25) is 4.79 Å². The molecule has 2 heterocycles. The molecule has 1 aromatic carbocycles. The summed E-state index contributed by atoms with van der Waals surface area (Å²) >= 11 is 0. The number of carbonyl (C=O) groups excluding carboxylic acids is 1. The van der Waals surface area contributed by atoms with Crippen molar-refractivity contribution in [1.29, 1.82) is 0 Å². The molecule has 20 heavy (non-hydrogen) atoms. The summed E-state index contributed by atoms with van der Waals surface area (Å²) in [5, 5.41) is 0. The van der Waals surface area contributed by atoms with Crippen molar-refractivity contribution in [2.24, 2.45) is 0 Å². The van der Waals surface area contributed by atoms with E-state index in [1.165, 1.54) is 0 Å². The van der Waals surface area contributed by atoms with E-state index in [1.54, 1.807) is 6.33 Å². The lowest BCUT2D eigenvalue weighted by Crippen LogP contribution is -2.53. The maximum Gasteiger partial charge on any atom is 0.254 e. The number of aromatic amines is 1. The standard InChI is InChI=1S/C15H19N3O2/c1-10-7-18(8-15(2,3)20-10)14(19)11-4-5-12-13(6-11)17-9-16-12/h4-6,9-10H,7-8H2,1-3H3,(H,16,17). The lowest BCUT2D eigenvalue weighted by molar-refractivity contribution is -0.118. The maximum absolute atomic E-state index is 12.6. The Labute approximate surface area is 117 Å². The molecule has 1 aliphatic heterocycles. The molecule has 1 amide bonds. The number of hydrogen-bond acceptors (Lipinski definition) is 3. The highest BCUT2D eigenvalue weighted by Gasteiger charge is 2.34. The van der Waals surface area contributed by atoms with E-state index in [0.29, 0.717) is 18.7 Å². The van der Waals surface area contributed by atoms with Gasteiger partial charge in [0.25, 0.3) is 5.91 Å². The molecule has 5 nitrogen and oxygen atoms in total. The molecular formula is C15H19N3O2. The van der Waals surface area contributed by atoms with Crippen molar-refractivity contribution in [1.82, 2.24) is 14.9 Å². The fraction of sp³-hybridized carbons (Fsp3) is 0.467. The van der Waals surface area contributed by atoms with Crippen LogP contribution in [0.4, 0.5) is 0 Å². The van der Waals surface area contributed by atoms with Gasteiger partial charge in [0.2, 0.25) is 0 Å². The quantitative estimate of drug-likeness (QED) is 0.866. The van der Waals surface area contributed by atoms with Crippen LogP contribution in [0.25, 0.3) is 11.0 Å². The van der Waals surface area contributed by atoms with Crippen LogP contribution >= 0.6 is 0 Å². The number of nitrogens with zero attached hydrogens (tertiary/aromatic N) is 2. The highest BCUT2D eigenvalue weighted by Crippen LogP contribution is 2.23. The van der Waals surface area contributed by atoms with Gasteiger partial charge in [0, 0.05) is 18.7 Å². The third-order valence-electron chi connectivity index (χ3n) is 3.52. The summed E-state index contributed by atoms with van der Waals surface area (Å²) < 4.78 is 5.84. The number of aromatic nitrogens is 2. The molecule has 0 radical (unpaired) electrons. The first-order valence-electron chi connectivity index (χ1n) is 6.85. The molecule has 1 fully saturated rings. The minimum atomic E-state index is -0.300. The molecule has 1 aromatic heterocycles. The zero-order valence-electron chi connectivity index (χ0n) is 12.0. The number of imidazole rings is 1. The molecule has 0 spiro atoms. The van der Waals surface area contributed by atoms with Crippen LogP contribution in [0.2, 0.25) is 0 Å². The van der Waals surface area contributed by atoms with E-state index < -0.39 is 0 Å². The Bertz CT molecular complexity index is 647. The molecule has 1 unspecified atom stereocenters. The topological polar surface area (TPSA) is 58.2 Å². The van der Waals surface area contributed by atoms with E-state index in [4.69, 9.17) is 4.74 Å². The van der Waals surface area contributed by atoms with Crippen molar-refractivity contribution in [2.45, 2.75) is 32.5 Å². The van der Waals surface area contributed by atoms with Gasteiger partial charge in [-0.25, -0.2) is 4.98 Å². The number of H-pyrrole nitrogens is 1. The summed E-state index contributed by atoms with van der Waals surface area (Å²) in [6.45, 7) is 7.27. The summed E-state index contributed by atoms with van der Waals surface area (Å²) in [5.74, 6) is 0.0460. The smallest absolute Gasteiger partial charge is 0.254 e. The molecule has 5 heteroatoms. The molecule has 1 atom stereocenters. The molecule has 106 valence electrons. The molecule has 0 bridgehead atoms. The van der Waals surface area contributed by atoms with Gasteiger partial charge >= 0.3 is 0 Å². The van der Waals surface area contributed by atoms with Gasteiger partial charge < -0.3 is 14.6 Å². The van der Waals surface area contributed by atoms with Gasteiger partial charge in [0.1, 0.15) is 0 Å². The first-order chi connectivity index (χ1) is 9.44. The summed E-state index contributed by atoms with van der Waals surface area (Å²) in [5.41, 5.74) is 2.14. The van der Waals surface area contributed by atoms with E-state index in [1.807, 2.05) is 43.9 Å². The third kappa shape index (κ3) is 2.41. The average Bonchev–Trinajstić information content (AvgIpc) is 2.82. The first-order valence-corrected chi connectivity index (χ1v) is 6.85. The number of nitrogens with one attached hydrogen (secondary N) is 1. The Hall–Kier alpha value is -1.88. The van der Waals surface area contributed by atoms with E-state index >= 15 is 0 Å². The van der Waals surface area contributed by atoms with Crippen molar-refractivity contribution >= 4 is 16.9 Å². The number of ether oxygens (including phenoxy) is 1. The fourth-order valence-electron chi connectivity index (χ4n) is 2.86. The van der Waals surface area contributed by atoms with Crippen LogP contribution in [0.15, 0.2) is 24.5 Å². The summed E-state index contributed by atoms with van der Waals surface area (Å²) in [6, 6.07) is 5.56. The molecule has 1 N–H and O–H groups in total. The highest BCUT2D eigenvalue weighted by molar-refractivity contribution is 5.97. The monoisotopic (exact) mass is 273 g/mol. The number of hydrogen-bond donors (Lipinski definition) is 1. The molecule has 2 aromatic rings. The van der Waals surface area contributed by atoms with Crippen molar-refractivity contribution < 1.29 is 9.53 Å². The SMILES string of the molecule is CC1CN(C(=O)c2ccc3nc[nH]c3c2)CC(C)(C)O1. The molecule has 1 aliphatic rings. The zero-order valence-corrected chi connectivity index (χ0v) is 12.0. The predicted molar refractivity (Wildman–Crippen MR) is 76.6 cm³/mol. The predicted octanol–water partition coefficient (Wildman–Crippen LogP) is 2.20. The Morgan fingerprint density at radius 3 is 3.05 bits per heavy atom. The maximum atomic E-state index is 12.6. The number of fused-ring (bicyclic) bond motifs is 1. The summed E-state index contributed by atoms with van der Waals surface area (Å²) in [7, 11) is 0.